The molecule has 0 aliphatic heterocycles. The second-order valence-electron chi connectivity index (χ2n) is 3.70. The molecule has 88 valence electrons. The Hall–Kier alpha value is -0.820. The summed E-state index contributed by atoms with van der Waals surface area (Å²) < 4.78 is 46.3. The van der Waals surface area contributed by atoms with Gasteiger partial charge in [0.1, 0.15) is 5.54 Å². The molecule has 0 aromatic carbocycles. The number of halogens is 3. The van der Waals surface area contributed by atoms with Crippen LogP contribution < -0.4 is 5.73 Å². The van der Waals surface area contributed by atoms with Crippen molar-refractivity contribution < 1.29 is 27.4 Å². The van der Waals surface area contributed by atoms with Crippen molar-refractivity contribution in [2.24, 2.45) is 5.73 Å². The minimum absolute atomic E-state index is 0.604. The van der Waals surface area contributed by atoms with E-state index in [1.807, 2.05) is 0 Å². The van der Waals surface area contributed by atoms with Crippen molar-refractivity contribution in [3.8, 4) is 0 Å². The van der Waals surface area contributed by atoms with Crippen LogP contribution in [-0.4, -0.2) is 37.5 Å². The summed E-state index contributed by atoms with van der Waals surface area (Å²) in [7, 11) is 2.03. The third-order valence-corrected chi connectivity index (χ3v) is 2.70. The first kappa shape index (κ1) is 12.3. The van der Waals surface area contributed by atoms with Crippen molar-refractivity contribution in [1.29, 1.82) is 0 Å². The quantitative estimate of drug-likeness (QED) is 0.701. The van der Waals surface area contributed by atoms with Crippen molar-refractivity contribution in [2.45, 2.75) is 30.2 Å². The second kappa shape index (κ2) is 3.34. The fourth-order valence-electron chi connectivity index (χ4n) is 1.78. The number of esters is 1. The van der Waals surface area contributed by atoms with Crippen molar-refractivity contribution in [3.05, 3.63) is 0 Å². The highest BCUT2D eigenvalue weighted by Crippen LogP contribution is 2.52. The van der Waals surface area contributed by atoms with E-state index in [0.717, 1.165) is 14.2 Å². The van der Waals surface area contributed by atoms with Gasteiger partial charge in [-0.15, -0.1) is 0 Å². The molecule has 1 saturated carbocycles. The van der Waals surface area contributed by atoms with Crippen LogP contribution in [0, 0.1) is 0 Å². The Kier molecular flexibility index (Phi) is 2.73. The molecule has 0 saturated heterocycles. The molecule has 0 heterocycles. The molecule has 2 N–H and O–H groups in total. The fourth-order valence-corrected chi connectivity index (χ4v) is 1.78. The Morgan fingerprint density at radius 1 is 1.33 bits per heavy atom. The Bertz CT molecular complexity index is 271. The molecule has 0 radical (unpaired) electrons. The van der Waals surface area contributed by atoms with Crippen LogP contribution in [0.25, 0.3) is 0 Å². The topological polar surface area (TPSA) is 61.5 Å². The third-order valence-electron chi connectivity index (χ3n) is 2.70. The molecule has 15 heavy (non-hydrogen) atoms. The summed E-state index contributed by atoms with van der Waals surface area (Å²) in [6, 6.07) is 0. The average molecular weight is 227 g/mol. The SMILES string of the molecule is COC(=O)C1(N)CC(OC)(C(F)(F)F)C1. The molecule has 0 aromatic rings. The Morgan fingerprint density at radius 3 is 2.07 bits per heavy atom. The molecule has 1 aliphatic rings. The van der Waals surface area contributed by atoms with Crippen LogP contribution >= 0.6 is 0 Å². The number of ether oxygens (including phenoxy) is 2. The molecule has 0 spiro atoms. The maximum atomic E-state index is 12.5. The zero-order chi connectivity index (χ0) is 11.9. The standard InChI is InChI=1S/C8H12F3NO3/c1-14-5(13)6(12)3-7(4-6,15-2)8(9,10)11/h3-4,12H2,1-2H3. The molecular weight excluding hydrogens is 215 g/mol. The number of carbonyl (C=O) groups is 1. The highest BCUT2D eigenvalue weighted by molar-refractivity contribution is 5.82. The lowest BCUT2D eigenvalue weighted by molar-refractivity contribution is -0.310. The fraction of sp³-hybridized carbons (Fsp3) is 0.875. The van der Waals surface area contributed by atoms with Gasteiger partial charge in [0.2, 0.25) is 0 Å². The number of carbonyl (C=O) groups excluding carboxylic acids is 1. The zero-order valence-corrected chi connectivity index (χ0v) is 8.35. The molecule has 1 aliphatic carbocycles. The highest BCUT2D eigenvalue weighted by atomic mass is 19.4. The molecule has 0 atom stereocenters. The van der Waals surface area contributed by atoms with Crippen LogP contribution in [0.4, 0.5) is 13.2 Å². The molecule has 1 fully saturated rings. The summed E-state index contributed by atoms with van der Waals surface area (Å²) >= 11 is 0. The van der Waals surface area contributed by atoms with E-state index in [1.165, 1.54) is 0 Å². The lowest BCUT2D eigenvalue weighted by Gasteiger charge is -2.51. The van der Waals surface area contributed by atoms with Crippen LogP contribution in [0.5, 0.6) is 0 Å². The first-order chi connectivity index (χ1) is 6.71. The molecule has 0 unspecified atom stereocenters. The molecule has 0 aromatic heterocycles. The van der Waals surface area contributed by atoms with Gasteiger partial charge in [-0.05, 0) is 0 Å². The van der Waals surface area contributed by atoms with Gasteiger partial charge in [0.15, 0.2) is 5.60 Å². The first-order valence-corrected chi connectivity index (χ1v) is 4.20. The number of methoxy groups -OCH3 is 2. The zero-order valence-electron chi connectivity index (χ0n) is 8.35. The molecule has 0 bridgehead atoms. The maximum Gasteiger partial charge on any atom is 0.417 e. The van der Waals surface area contributed by atoms with Crippen molar-refractivity contribution in [1.82, 2.24) is 0 Å². The van der Waals surface area contributed by atoms with E-state index in [2.05, 4.69) is 9.47 Å². The van der Waals surface area contributed by atoms with Gasteiger partial charge < -0.3 is 15.2 Å². The van der Waals surface area contributed by atoms with Crippen LogP contribution in [0.3, 0.4) is 0 Å². The van der Waals surface area contributed by atoms with E-state index in [9.17, 15) is 18.0 Å². The van der Waals surface area contributed by atoms with Gasteiger partial charge in [-0.25, -0.2) is 0 Å². The predicted molar refractivity (Wildman–Crippen MR) is 44.0 cm³/mol. The number of nitrogens with two attached hydrogens (primary N) is 1. The van der Waals surface area contributed by atoms with E-state index >= 15 is 0 Å². The van der Waals surface area contributed by atoms with Crippen LogP contribution in [-0.2, 0) is 14.3 Å². The van der Waals surface area contributed by atoms with Crippen molar-refractivity contribution >= 4 is 5.97 Å². The van der Waals surface area contributed by atoms with Gasteiger partial charge in [-0.1, -0.05) is 0 Å². The highest BCUT2D eigenvalue weighted by Gasteiger charge is 2.70. The van der Waals surface area contributed by atoms with Crippen molar-refractivity contribution in [2.75, 3.05) is 14.2 Å². The summed E-state index contributed by atoms with van der Waals surface area (Å²) in [4.78, 5) is 11.1. The van der Waals surface area contributed by atoms with E-state index < -0.39 is 36.1 Å². The van der Waals surface area contributed by atoms with Gasteiger partial charge in [0.25, 0.3) is 0 Å². The van der Waals surface area contributed by atoms with Crippen LogP contribution in [0.2, 0.25) is 0 Å². The Balaban J connectivity index is 2.79. The molecule has 7 heteroatoms. The van der Waals surface area contributed by atoms with Gasteiger partial charge in [-0.2, -0.15) is 13.2 Å². The van der Waals surface area contributed by atoms with E-state index in [1.54, 1.807) is 0 Å². The normalized spacial score (nSPS) is 35.9. The lowest BCUT2D eigenvalue weighted by atomic mass is 9.64. The monoisotopic (exact) mass is 227 g/mol. The number of alkyl halides is 3. The Morgan fingerprint density at radius 2 is 1.80 bits per heavy atom. The maximum absolute atomic E-state index is 12.5. The number of hydrogen-bond donors (Lipinski definition) is 1. The largest absolute Gasteiger partial charge is 0.468 e. The van der Waals surface area contributed by atoms with Gasteiger partial charge >= 0.3 is 12.1 Å². The minimum atomic E-state index is -4.53. The molecule has 0 amide bonds. The smallest absolute Gasteiger partial charge is 0.417 e. The first-order valence-electron chi connectivity index (χ1n) is 4.20. The molecule has 1 rings (SSSR count). The van der Waals surface area contributed by atoms with Crippen molar-refractivity contribution in [3.63, 3.8) is 0 Å². The number of rotatable bonds is 2. The average Bonchev–Trinajstić information content (AvgIpc) is 2.09. The summed E-state index contributed by atoms with van der Waals surface area (Å²) in [6.45, 7) is 0. The summed E-state index contributed by atoms with van der Waals surface area (Å²) in [5, 5.41) is 0. The van der Waals surface area contributed by atoms with Crippen LogP contribution in [0.15, 0.2) is 0 Å². The summed E-state index contributed by atoms with van der Waals surface area (Å²) in [6.07, 6.45) is -5.74. The number of hydrogen-bond acceptors (Lipinski definition) is 4. The van der Waals surface area contributed by atoms with E-state index in [4.69, 9.17) is 5.73 Å². The Labute approximate surface area is 84.5 Å². The van der Waals surface area contributed by atoms with E-state index in [0.29, 0.717) is 0 Å². The van der Waals surface area contributed by atoms with Gasteiger partial charge in [0.05, 0.1) is 7.11 Å². The molecular formula is C8H12F3NO3. The summed E-state index contributed by atoms with van der Waals surface area (Å²) in [5.41, 5.74) is 1.56. The van der Waals surface area contributed by atoms with Gasteiger partial charge in [0, 0.05) is 20.0 Å². The molecule has 4 nitrogen and oxygen atoms in total. The minimum Gasteiger partial charge on any atom is -0.468 e. The van der Waals surface area contributed by atoms with E-state index in [-0.39, 0.29) is 0 Å². The summed E-state index contributed by atoms with van der Waals surface area (Å²) in [5.74, 6) is -0.848. The van der Waals surface area contributed by atoms with Crippen LogP contribution in [0.1, 0.15) is 12.8 Å². The van der Waals surface area contributed by atoms with Gasteiger partial charge in [-0.3, -0.25) is 4.79 Å². The lowest BCUT2D eigenvalue weighted by Crippen LogP contribution is -2.72. The second-order valence-corrected chi connectivity index (χ2v) is 3.70. The predicted octanol–water partition coefficient (Wildman–Crippen LogP) is 0.598. The third kappa shape index (κ3) is 1.69.